The molecule has 14 nitrogen and oxygen atoms in total. The lowest BCUT2D eigenvalue weighted by Crippen LogP contribution is -2.47. The van der Waals surface area contributed by atoms with E-state index in [4.69, 9.17) is 24.7 Å². The van der Waals surface area contributed by atoms with Gasteiger partial charge in [0.2, 0.25) is 10.0 Å². The fourth-order valence-electron chi connectivity index (χ4n) is 7.15. The van der Waals surface area contributed by atoms with Crippen LogP contribution in [0.5, 0.6) is 11.5 Å². The fourth-order valence-corrected chi connectivity index (χ4v) is 10.6. The highest BCUT2D eigenvalue weighted by molar-refractivity contribution is 7.93. The number of amides is 1. The SMILES string of the molecule is CCOc1ccc(-c2ccc(C=O)cc2)cc1S(=O)(=O)N1CCC2(CC1)C[C@@H](C(Oc1cccc(S(=O)(=O)C3(CO)CC3)c1)C(O)COC(N)=O)CO2. The van der Waals surface area contributed by atoms with E-state index in [2.05, 4.69) is 0 Å². The lowest BCUT2D eigenvalue weighted by Gasteiger charge is -2.38. The molecule has 3 aromatic rings. The van der Waals surface area contributed by atoms with Crippen molar-refractivity contribution in [2.45, 2.75) is 71.4 Å². The maximum absolute atomic E-state index is 14.1. The molecule has 0 radical (unpaired) electrons. The summed E-state index contributed by atoms with van der Waals surface area (Å²) in [5.74, 6) is -0.0771. The van der Waals surface area contributed by atoms with E-state index in [1.807, 2.05) is 0 Å². The number of ether oxygens (including phenoxy) is 4. The van der Waals surface area contributed by atoms with Crippen LogP contribution in [0.1, 0.15) is 49.4 Å². The zero-order valence-corrected chi connectivity index (χ0v) is 30.9. The number of nitrogens with zero attached hydrogens (tertiary/aromatic N) is 1. The zero-order valence-electron chi connectivity index (χ0n) is 29.3. The van der Waals surface area contributed by atoms with Crippen LogP contribution < -0.4 is 15.2 Å². The Morgan fingerprint density at radius 2 is 1.72 bits per heavy atom. The summed E-state index contributed by atoms with van der Waals surface area (Å²) in [7, 11) is -7.88. The third-order valence-electron chi connectivity index (χ3n) is 10.4. The van der Waals surface area contributed by atoms with Gasteiger partial charge in [-0.25, -0.2) is 21.6 Å². The van der Waals surface area contributed by atoms with Gasteiger partial charge in [0.25, 0.3) is 0 Å². The van der Waals surface area contributed by atoms with Crippen LogP contribution in [0.15, 0.2) is 76.5 Å². The molecule has 3 fully saturated rings. The maximum Gasteiger partial charge on any atom is 0.404 e. The first-order valence-electron chi connectivity index (χ1n) is 17.5. The molecule has 3 atom stereocenters. The molecular formula is C37H44N2O12S2. The molecule has 1 aliphatic carbocycles. The number of aldehydes is 1. The second kappa shape index (κ2) is 15.4. The third-order valence-corrected chi connectivity index (χ3v) is 14.9. The van der Waals surface area contributed by atoms with Crippen LogP contribution in [0.25, 0.3) is 11.1 Å². The maximum atomic E-state index is 14.1. The van der Waals surface area contributed by atoms with Crippen molar-refractivity contribution in [1.82, 2.24) is 4.31 Å². The molecule has 3 aromatic carbocycles. The number of benzene rings is 3. The highest BCUT2D eigenvalue weighted by atomic mass is 32.2. The lowest BCUT2D eigenvalue weighted by molar-refractivity contribution is -0.0407. The van der Waals surface area contributed by atoms with Crippen molar-refractivity contribution in [3.8, 4) is 22.6 Å². The standard InChI is InChI=1S/C37H44N2O12S2/c1-2-48-32-11-10-27(26-8-6-25(21-40)7-9-26)18-33(32)53(46,47)39-16-14-36(15-17-39)20-28(22-50-36)34(31(42)23-49-35(38)43)51-29-4-3-5-30(19-29)52(44,45)37(24-41)12-13-37/h3-11,18-19,21,28,31,34,41-42H,2,12-17,20,22-24H2,1H3,(H2,38,43)/t28-,31?,34?/m1/s1. The molecule has 2 unspecified atom stereocenters. The van der Waals surface area contributed by atoms with Gasteiger partial charge in [0, 0.05) is 24.6 Å². The monoisotopic (exact) mass is 772 g/mol. The van der Waals surface area contributed by atoms with Crippen molar-refractivity contribution in [2.24, 2.45) is 11.7 Å². The predicted octanol–water partition coefficient (Wildman–Crippen LogP) is 3.33. The Bertz CT molecular complexity index is 2030. The Hall–Kier alpha value is -4.06. The fraction of sp³-hybridized carbons (Fsp3) is 0.459. The summed E-state index contributed by atoms with van der Waals surface area (Å²) in [6.45, 7) is 1.48. The molecule has 2 aliphatic heterocycles. The van der Waals surface area contributed by atoms with Crippen LogP contribution in [-0.2, 0) is 29.3 Å². The van der Waals surface area contributed by atoms with E-state index < -0.39 is 67.6 Å². The molecule has 0 aromatic heterocycles. The number of primary amides is 1. The number of sulfonamides is 1. The smallest absolute Gasteiger partial charge is 0.404 e. The van der Waals surface area contributed by atoms with Gasteiger partial charge in [0.1, 0.15) is 41.5 Å². The second-order valence-electron chi connectivity index (χ2n) is 13.8. The van der Waals surface area contributed by atoms with E-state index in [1.165, 1.54) is 22.5 Å². The van der Waals surface area contributed by atoms with Crippen molar-refractivity contribution in [2.75, 3.05) is 39.5 Å². The molecular weight excluding hydrogens is 729 g/mol. The zero-order chi connectivity index (χ0) is 38.0. The average Bonchev–Trinajstić information content (AvgIpc) is 3.88. The minimum atomic E-state index is -4.02. The first-order chi connectivity index (χ1) is 25.3. The number of rotatable bonds is 15. The van der Waals surface area contributed by atoms with Gasteiger partial charge in [-0.15, -0.1) is 0 Å². The lowest BCUT2D eigenvalue weighted by atomic mass is 9.83. The quantitative estimate of drug-likeness (QED) is 0.190. The molecule has 1 saturated carbocycles. The summed E-state index contributed by atoms with van der Waals surface area (Å²) in [4.78, 5) is 22.5. The van der Waals surface area contributed by atoms with E-state index in [0.717, 1.165) is 11.8 Å². The van der Waals surface area contributed by atoms with Gasteiger partial charge in [-0.3, -0.25) is 4.79 Å². The minimum Gasteiger partial charge on any atom is -0.492 e. The number of carbonyl (C=O) groups excluding carboxylic acids is 2. The van der Waals surface area contributed by atoms with E-state index in [9.17, 15) is 36.6 Å². The Labute approximate surface area is 308 Å². The third kappa shape index (κ3) is 7.93. The Morgan fingerprint density at radius 1 is 1.02 bits per heavy atom. The summed E-state index contributed by atoms with van der Waals surface area (Å²) in [5.41, 5.74) is 6.30. The minimum absolute atomic E-state index is 0.0234. The summed E-state index contributed by atoms with van der Waals surface area (Å²) < 4.78 is 78.2. The number of nitrogens with two attached hydrogens (primary N) is 1. The topological polar surface area (TPSA) is 209 Å². The van der Waals surface area contributed by atoms with Crippen LogP contribution in [0.2, 0.25) is 0 Å². The molecule has 2 heterocycles. The van der Waals surface area contributed by atoms with Crippen molar-refractivity contribution in [3.05, 3.63) is 72.3 Å². The predicted molar refractivity (Wildman–Crippen MR) is 192 cm³/mol. The van der Waals surface area contributed by atoms with Gasteiger partial charge >= 0.3 is 6.09 Å². The normalized spacial score (nSPS) is 20.7. The van der Waals surface area contributed by atoms with E-state index >= 15 is 0 Å². The molecule has 4 N–H and O–H groups in total. The number of aliphatic hydroxyl groups is 2. The van der Waals surface area contributed by atoms with Gasteiger partial charge in [-0.05, 0) is 80.5 Å². The second-order valence-corrected chi connectivity index (χ2v) is 18.0. The van der Waals surface area contributed by atoms with Crippen molar-refractivity contribution >= 4 is 32.2 Å². The van der Waals surface area contributed by atoms with E-state index in [1.54, 1.807) is 55.5 Å². The van der Waals surface area contributed by atoms with Crippen molar-refractivity contribution in [3.63, 3.8) is 0 Å². The van der Waals surface area contributed by atoms with E-state index in [-0.39, 0.29) is 47.6 Å². The molecule has 53 heavy (non-hydrogen) atoms. The summed E-state index contributed by atoms with van der Waals surface area (Å²) in [5, 5.41) is 20.9. The molecule has 1 spiro atoms. The van der Waals surface area contributed by atoms with E-state index in [0.29, 0.717) is 43.2 Å². The largest absolute Gasteiger partial charge is 0.492 e. The molecule has 16 heteroatoms. The van der Waals surface area contributed by atoms with Gasteiger partial charge in [-0.2, -0.15) is 4.31 Å². The van der Waals surface area contributed by atoms with Crippen LogP contribution >= 0.6 is 0 Å². The number of hydrogen-bond donors (Lipinski definition) is 3. The van der Waals surface area contributed by atoms with Crippen LogP contribution in [0.4, 0.5) is 4.79 Å². The molecule has 286 valence electrons. The summed E-state index contributed by atoms with van der Waals surface area (Å²) in [6.07, 6.45) is -0.966. The number of carbonyl (C=O) groups is 2. The number of sulfone groups is 1. The molecule has 6 rings (SSSR count). The van der Waals surface area contributed by atoms with Crippen LogP contribution in [-0.4, -0.2) is 106 Å². The molecule has 3 aliphatic rings. The number of piperidine rings is 1. The Kier molecular flexibility index (Phi) is 11.2. The molecule has 1 amide bonds. The Morgan fingerprint density at radius 3 is 2.34 bits per heavy atom. The number of hydrogen-bond acceptors (Lipinski definition) is 12. The highest BCUT2D eigenvalue weighted by Gasteiger charge is 2.55. The van der Waals surface area contributed by atoms with Crippen molar-refractivity contribution < 1.29 is 55.6 Å². The average molecular weight is 773 g/mol. The Balaban J connectivity index is 1.19. The first kappa shape index (κ1) is 38.7. The molecule has 2 saturated heterocycles. The van der Waals surface area contributed by atoms with Gasteiger partial charge in [-0.1, -0.05) is 36.4 Å². The van der Waals surface area contributed by atoms with Crippen LogP contribution in [0.3, 0.4) is 0 Å². The van der Waals surface area contributed by atoms with Crippen molar-refractivity contribution in [1.29, 1.82) is 0 Å². The number of aliphatic hydroxyl groups excluding tert-OH is 2. The molecule has 0 bridgehead atoms. The van der Waals surface area contributed by atoms with Gasteiger partial charge in [0.05, 0.1) is 35.1 Å². The van der Waals surface area contributed by atoms with Gasteiger partial charge < -0.3 is 34.9 Å². The summed E-state index contributed by atoms with van der Waals surface area (Å²) >= 11 is 0. The highest BCUT2D eigenvalue weighted by Crippen LogP contribution is 2.47. The van der Waals surface area contributed by atoms with Gasteiger partial charge in [0.15, 0.2) is 9.84 Å². The first-order valence-corrected chi connectivity index (χ1v) is 20.4. The summed E-state index contributed by atoms with van der Waals surface area (Å²) in [6, 6.07) is 17.6. The van der Waals surface area contributed by atoms with Crippen LogP contribution in [0, 0.1) is 5.92 Å².